The molecule has 2 aliphatic heterocycles. The van der Waals surface area contributed by atoms with Gasteiger partial charge in [0.1, 0.15) is 48.8 Å². The lowest BCUT2D eigenvalue weighted by atomic mass is 9.97. The van der Waals surface area contributed by atoms with Gasteiger partial charge in [-0.3, -0.25) is 0 Å². The van der Waals surface area contributed by atoms with Gasteiger partial charge in [-0.2, -0.15) is 0 Å². The molecule has 2 saturated heterocycles. The van der Waals surface area contributed by atoms with Crippen molar-refractivity contribution in [3.05, 3.63) is 0 Å². The van der Waals surface area contributed by atoms with Gasteiger partial charge in [0.25, 0.3) is 0 Å². The van der Waals surface area contributed by atoms with E-state index >= 15 is 0 Å². The second-order valence-corrected chi connectivity index (χ2v) is 6.25. The fourth-order valence-corrected chi connectivity index (χ4v) is 2.57. The normalized spacial score (nSPS) is 45.1. The maximum Gasteiger partial charge on any atom is 0.187 e. The Morgan fingerprint density at radius 2 is 1.26 bits per heavy atom. The van der Waals surface area contributed by atoms with Gasteiger partial charge in [-0.25, -0.2) is 0 Å². The molecule has 0 aromatic carbocycles. The van der Waals surface area contributed by atoms with Crippen LogP contribution in [0.15, 0.2) is 0 Å². The van der Waals surface area contributed by atoms with E-state index in [2.05, 4.69) is 0 Å². The van der Waals surface area contributed by atoms with Crippen LogP contribution in [0.3, 0.4) is 0 Å². The number of rotatable bonds is 5. The van der Waals surface area contributed by atoms with Crippen LogP contribution in [0.1, 0.15) is 13.3 Å². The monoisotopic (exact) mass is 402 g/mol. The summed E-state index contributed by atoms with van der Waals surface area (Å²) in [6.45, 7) is 0.905. The molecular weight excluding hydrogens is 372 g/mol. The summed E-state index contributed by atoms with van der Waals surface area (Å²) in [6.07, 6.45) is -14.7. The van der Waals surface area contributed by atoms with Crippen LogP contribution >= 0.6 is 0 Å². The Kier molecular flexibility index (Phi) is 10.5. The number of hydrogen-bond donors (Lipinski definition) is 9. The van der Waals surface area contributed by atoms with Gasteiger partial charge in [-0.1, -0.05) is 6.92 Å². The lowest BCUT2D eigenvalue weighted by Gasteiger charge is -2.45. The Hall–Kier alpha value is -0.480. The molecule has 2 rings (SSSR count). The molecule has 12 nitrogen and oxygen atoms in total. The highest BCUT2D eigenvalue weighted by Crippen LogP contribution is 2.28. The lowest BCUT2D eigenvalue weighted by Crippen LogP contribution is -2.64. The van der Waals surface area contributed by atoms with Crippen molar-refractivity contribution in [1.29, 1.82) is 0 Å². The molecule has 0 aromatic rings. The van der Waals surface area contributed by atoms with E-state index in [1.165, 1.54) is 0 Å². The van der Waals surface area contributed by atoms with Crippen LogP contribution in [0.5, 0.6) is 0 Å². The van der Waals surface area contributed by atoms with Gasteiger partial charge < -0.3 is 60.2 Å². The van der Waals surface area contributed by atoms with Gasteiger partial charge in [-0.15, -0.1) is 0 Å². The molecule has 10 unspecified atom stereocenters. The Bertz CT molecular complexity index is 406. The van der Waals surface area contributed by atoms with E-state index in [0.29, 0.717) is 6.61 Å². The molecule has 0 aliphatic carbocycles. The third kappa shape index (κ3) is 6.00. The highest BCUT2D eigenvalue weighted by molar-refractivity contribution is 4.93. The smallest absolute Gasteiger partial charge is 0.187 e. The van der Waals surface area contributed by atoms with Crippen molar-refractivity contribution in [3.8, 4) is 0 Å². The fraction of sp³-hybridized carbons (Fsp3) is 1.00. The van der Waals surface area contributed by atoms with Gasteiger partial charge in [0.15, 0.2) is 12.6 Å². The maximum absolute atomic E-state index is 9.94. The van der Waals surface area contributed by atoms with Gasteiger partial charge in [-0.05, 0) is 6.42 Å². The molecule has 0 aromatic heterocycles. The number of hydrogen-bond acceptors (Lipinski definition) is 12. The fourth-order valence-electron chi connectivity index (χ4n) is 2.57. The summed E-state index contributed by atoms with van der Waals surface area (Å²) in [5.41, 5.74) is 0. The Balaban J connectivity index is 0.000000828. The zero-order valence-corrected chi connectivity index (χ0v) is 14.9. The summed E-state index contributed by atoms with van der Waals surface area (Å²) in [5, 5.41) is 84.4. The third-order valence-electron chi connectivity index (χ3n) is 4.20. The molecule has 0 amide bonds. The maximum atomic E-state index is 9.94. The molecule has 0 radical (unpaired) electrons. The second-order valence-electron chi connectivity index (χ2n) is 6.25. The molecule has 9 N–H and O–H groups in total. The molecule has 162 valence electrons. The van der Waals surface area contributed by atoms with E-state index < -0.39 is 74.6 Å². The first-order valence-electron chi connectivity index (χ1n) is 8.60. The average molecular weight is 402 g/mol. The van der Waals surface area contributed by atoms with Crippen LogP contribution in [0.25, 0.3) is 0 Å². The van der Waals surface area contributed by atoms with Crippen molar-refractivity contribution >= 4 is 0 Å². The molecular formula is C15H30O12. The van der Waals surface area contributed by atoms with Crippen molar-refractivity contribution in [3.63, 3.8) is 0 Å². The van der Waals surface area contributed by atoms with Crippen molar-refractivity contribution in [2.45, 2.75) is 74.8 Å². The summed E-state index contributed by atoms with van der Waals surface area (Å²) in [5.74, 6) is 0. The molecule has 27 heavy (non-hydrogen) atoms. The molecule has 2 fully saturated rings. The number of ether oxygens (including phenoxy) is 3. The minimum absolute atomic E-state index is 0.319. The average Bonchev–Trinajstić information content (AvgIpc) is 2.68. The second kappa shape index (κ2) is 11.5. The topological polar surface area (TPSA) is 210 Å². The van der Waals surface area contributed by atoms with E-state index in [-0.39, 0.29) is 0 Å². The summed E-state index contributed by atoms with van der Waals surface area (Å²) in [7, 11) is 0. The van der Waals surface area contributed by atoms with Crippen molar-refractivity contribution < 1.29 is 60.2 Å². The first-order valence-corrected chi connectivity index (χ1v) is 8.60. The standard InChI is InChI=1S/C12H22O11.C3H8O/c13-1-3-5(15)6(16)9(19)12(22-3)23-10-4(2-14)21-11(20)8(18)7(10)17;1-2-3-4/h3-20H,1-2H2;4H,2-3H2,1H3. The minimum Gasteiger partial charge on any atom is -0.396 e. The van der Waals surface area contributed by atoms with E-state index in [9.17, 15) is 35.7 Å². The van der Waals surface area contributed by atoms with Crippen molar-refractivity contribution in [2.24, 2.45) is 0 Å². The Morgan fingerprint density at radius 1 is 0.704 bits per heavy atom. The predicted octanol–water partition coefficient (Wildman–Crippen LogP) is -5.01. The highest BCUT2D eigenvalue weighted by Gasteiger charge is 2.50. The first kappa shape index (κ1) is 24.6. The molecule has 0 spiro atoms. The summed E-state index contributed by atoms with van der Waals surface area (Å²) in [6, 6.07) is 0. The quantitative estimate of drug-likeness (QED) is 0.212. The van der Waals surface area contributed by atoms with E-state index in [0.717, 1.165) is 6.42 Å². The molecule has 2 aliphatic rings. The Labute approximate surface area is 155 Å². The predicted molar refractivity (Wildman–Crippen MR) is 86.0 cm³/mol. The van der Waals surface area contributed by atoms with Crippen LogP contribution in [0.4, 0.5) is 0 Å². The number of aliphatic hydroxyl groups excluding tert-OH is 9. The van der Waals surface area contributed by atoms with E-state index in [1.807, 2.05) is 6.92 Å². The highest BCUT2D eigenvalue weighted by atomic mass is 16.7. The van der Waals surface area contributed by atoms with Crippen LogP contribution in [0.2, 0.25) is 0 Å². The van der Waals surface area contributed by atoms with Gasteiger partial charge in [0.05, 0.1) is 13.2 Å². The largest absolute Gasteiger partial charge is 0.396 e. The van der Waals surface area contributed by atoms with Crippen molar-refractivity contribution in [1.82, 2.24) is 0 Å². The molecule has 10 atom stereocenters. The minimum atomic E-state index is -1.74. The van der Waals surface area contributed by atoms with E-state index in [1.54, 1.807) is 0 Å². The molecule has 0 saturated carbocycles. The summed E-state index contributed by atoms with van der Waals surface area (Å²) < 4.78 is 15.3. The third-order valence-corrected chi connectivity index (χ3v) is 4.20. The van der Waals surface area contributed by atoms with Crippen LogP contribution < -0.4 is 0 Å². The molecule has 12 heteroatoms. The van der Waals surface area contributed by atoms with Gasteiger partial charge in [0, 0.05) is 6.61 Å². The summed E-state index contributed by atoms with van der Waals surface area (Å²) in [4.78, 5) is 0. The van der Waals surface area contributed by atoms with E-state index in [4.69, 9.17) is 24.4 Å². The zero-order chi connectivity index (χ0) is 20.7. The molecule has 0 bridgehead atoms. The molecule has 2 heterocycles. The van der Waals surface area contributed by atoms with Gasteiger partial charge in [0.2, 0.25) is 0 Å². The number of aliphatic hydroxyl groups is 9. The van der Waals surface area contributed by atoms with Crippen LogP contribution in [-0.2, 0) is 14.2 Å². The van der Waals surface area contributed by atoms with Crippen LogP contribution in [-0.4, -0.2) is 127 Å². The SMILES string of the molecule is CCCO.OCC1OC(OC2C(CO)OC(O)C(O)C2O)C(O)C(O)C1O. The lowest BCUT2D eigenvalue weighted by molar-refractivity contribution is -0.355. The van der Waals surface area contributed by atoms with Gasteiger partial charge >= 0.3 is 0 Å². The Morgan fingerprint density at radius 3 is 1.74 bits per heavy atom. The summed E-state index contributed by atoms with van der Waals surface area (Å²) >= 11 is 0. The first-order chi connectivity index (χ1) is 12.7. The van der Waals surface area contributed by atoms with Crippen molar-refractivity contribution in [2.75, 3.05) is 19.8 Å². The zero-order valence-electron chi connectivity index (χ0n) is 14.9. The van der Waals surface area contributed by atoms with Crippen LogP contribution in [0, 0.1) is 0 Å².